The van der Waals surface area contributed by atoms with Crippen molar-refractivity contribution in [3.63, 3.8) is 0 Å². The lowest BCUT2D eigenvalue weighted by atomic mass is 9.91. The lowest BCUT2D eigenvalue weighted by Gasteiger charge is -2.37. The van der Waals surface area contributed by atoms with Crippen molar-refractivity contribution >= 4 is 75.7 Å². The third-order valence-corrected chi connectivity index (χ3v) is 22.0. The first-order valence-electron chi connectivity index (χ1n) is 40.4. The van der Waals surface area contributed by atoms with Crippen LogP contribution < -0.4 is 24.9 Å². The topological polar surface area (TPSA) is 207 Å². The van der Waals surface area contributed by atoms with Crippen LogP contribution in [-0.2, 0) is 4.79 Å². The highest BCUT2D eigenvalue weighted by molar-refractivity contribution is 6.31. The Labute approximate surface area is 699 Å². The van der Waals surface area contributed by atoms with Crippen LogP contribution in [-0.4, -0.2) is 174 Å². The van der Waals surface area contributed by atoms with E-state index in [1.165, 1.54) is 0 Å². The van der Waals surface area contributed by atoms with Crippen molar-refractivity contribution in [1.82, 2.24) is 74.7 Å². The number of aryl methyl sites for hydroxylation is 9. The maximum Gasteiger partial charge on any atom is 0.252 e. The SMILES string of the molecule is CCN(c1cc(C)nc(-n2nc(C)cc2C)n1)C1CCC(F)(F)CC1.CCN(c1cc(C)nc(Cl)n1)C1CCC(F)(F)CC1.CCN(c1nc(C)cc(-n2nc(C)cc2C)n1)C1CCC(F)(F)CC1.CCN(c1nc(C)cc(Cl)n1)C1CCC(F)(F)CC1.CCNC1CCC(F)(F)CC1.Cc1cc(Cl)nc(Cl)n1.O=C1CCC(F)(F)CC1. The molecule has 0 bridgehead atoms. The van der Waals surface area contributed by atoms with E-state index in [1.54, 1.807) is 28.4 Å². The van der Waals surface area contributed by atoms with Gasteiger partial charge in [-0.05, 0) is 208 Å². The number of nitrogens with one attached hydrogen (secondary N) is 1. The predicted octanol–water partition coefficient (Wildman–Crippen LogP) is 21.7. The number of rotatable bonds is 16. The molecular formula is C81H113Cl4F12N19O. The van der Waals surface area contributed by atoms with Crippen molar-refractivity contribution in [1.29, 1.82) is 0 Å². The Hall–Kier alpha value is -7.03. The van der Waals surface area contributed by atoms with Gasteiger partial charge in [0.25, 0.3) is 5.95 Å². The van der Waals surface area contributed by atoms with Crippen LogP contribution in [0.15, 0.2) is 42.5 Å². The number of aromatic nitrogens is 14. The minimum Gasteiger partial charge on any atom is -0.354 e. The highest BCUT2D eigenvalue weighted by atomic mass is 35.5. The molecule has 1 N–H and O–H groups in total. The molecular weight excluding hydrogens is 1620 g/mol. The molecule has 117 heavy (non-hydrogen) atoms. The number of hydrogen-bond donors (Lipinski definition) is 1. The standard InChI is InChI=1S/2C18H25F2N5.2C13H18ClF2N3.C8H15F2N.C6H8F2O.C5H4Cl2N2/c1-5-24(15-6-8-18(19,20)9-7-15)17-21-12(2)11-16(22-17)25-14(4)10-13(3)23-25;1-5-24(15-6-8-18(19,20)9-7-15)16-11-12(2)21-17(22-16)25-14(4)10-13(3)23-25;1-3-19(10-4-6-13(15,16)7-5-10)11-8-9(2)17-12(14)18-11;1-3-19(10-4-6-13(15,16)7-5-10)12-17-9(2)8-11(14)18-12;1-2-11-7-3-5-8(9,10)6-4-7;7-6(8)3-1-5(9)2-4-6;1-3-2-4(6)9-5(7)8-3/h2*10-11,15H,5-9H2,1-4H3;2*8,10H,3-7H2,1-2H3;7,11H,2-6H2,1H3;1-4H2;2H,1H3. The smallest absolute Gasteiger partial charge is 0.252 e. The molecule has 0 unspecified atom stereocenters. The lowest BCUT2D eigenvalue weighted by Crippen LogP contribution is -2.41. The molecule has 6 fully saturated rings. The molecule has 6 saturated carbocycles. The van der Waals surface area contributed by atoms with E-state index in [0.717, 1.165) is 82.5 Å². The number of carbonyl (C=O) groups is 1. The summed E-state index contributed by atoms with van der Waals surface area (Å²) in [4.78, 5) is 61.3. The van der Waals surface area contributed by atoms with Gasteiger partial charge in [-0.2, -0.15) is 20.2 Å². The minimum absolute atomic E-state index is 0.0269. The van der Waals surface area contributed by atoms with Crippen LogP contribution in [0, 0.1) is 62.3 Å². The minimum atomic E-state index is -2.56. The summed E-state index contributed by atoms with van der Waals surface area (Å²) in [6.45, 7) is 30.9. The molecule has 20 nitrogen and oxygen atoms in total. The summed E-state index contributed by atoms with van der Waals surface area (Å²) in [5.41, 5.74) is 7.84. The van der Waals surface area contributed by atoms with E-state index in [0.29, 0.717) is 117 Å². The van der Waals surface area contributed by atoms with E-state index >= 15 is 0 Å². The van der Waals surface area contributed by atoms with Gasteiger partial charge in [-0.15, -0.1) is 0 Å². The molecule has 650 valence electrons. The van der Waals surface area contributed by atoms with Gasteiger partial charge >= 0.3 is 0 Å². The van der Waals surface area contributed by atoms with E-state index in [9.17, 15) is 57.5 Å². The summed E-state index contributed by atoms with van der Waals surface area (Å²) < 4.78 is 160. The Morgan fingerprint density at radius 1 is 0.359 bits per heavy atom. The van der Waals surface area contributed by atoms with E-state index < -0.39 is 35.5 Å². The molecule has 0 radical (unpaired) electrons. The van der Waals surface area contributed by atoms with Gasteiger partial charge in [-0.1, -0.05) is 30.1 Å². The number of hydrogen-bond acceptors (Lipinski definition) is 18. The Kier molecular flexibility index (Phi) is 36.1. The van der Waals surface area contributed by atoms with Gasteiger partial charge in [0.2, 0.25) is 58.0 Å². The Balaban J connectivity index is 0.000000195. The summed E-state index contributed by atoms with van der Waals surface area (Å²) in [5.74, 6) is -11.1. The van der Waals surface area contributed by atoms with Crippen molar-refractivity contribution in [3.8, 4) is 11.8 Å². The monoisotopic (exact) mass is 1740 g/mol. The largest absolute Gasteiger partial charge is 0.354 e. The second-order valence-corrected chi connectivity index (χ2v) is 32.4. The first kappa shape index (κ1) is 97.1. The van der Waals surface area contributed by atoms with Crippen molar-refractivity contribution in [2.45, 2.75) is 317 Å². The summed E-state index contributed by atoms with van der Waals surface area (Å²) in [5, 5.41) is 13.3. The third-order valence-electron chi connectivity index (χ3n) is 21.2. The van der Waals surface area contributed by atoms with Crippen LogP contribution in [0.5, 0.6) is 0 Å². The Bertz CT molecular complexity index is 3950. The van der Waals surface area contributed by atoms with E-state index in [1.807, 2.05) is 125 Å². The third kappa shape index (κ3) is 31.2. The zero-order chi connectivity index (χ0) is 86.5. The highest BCUT2D eigenvalue weighted by Gasteiger charge is 2.42. The number of ketones is 1. The number of Topliss-reactive ketones (excluding diaryl/α,β-unsaturated/α-hetero) is 1. The molecule has 6 aliphatic rings. The molecule has 0 spiro atoms. The molecule has 7 aromatic rings. The number of nitrogens with zero attached hydrogens (tertiary/aromatic N) is 18. The molecule has 6 aliphatic carbocycles. The average Bonchev–Trinajstić information content (AvgIpc) is 1.72. The molecule has 0 saturated heterocycles. The maximum absolute atomic E-state index is 13.5. The Morgan fingerprint density at radius 3 is 1.03 bits per heavy atom. The summed E-state index contributed by atoms with van der Waals surface area (Å²) in [6, 6.07) is 13.6. The quantitative estimate of drug-likeness (QED) is 0.0542. The van der Waals surface area contributed by atoms with E-state index in [2.05, 4.69) is 80.1 Å². The normalized spacial score (nSPS) is 19.0. The molecule has 0 aliphatic heterocycles. The second kappa shape index (κ2) is 43.5. The first-order chi connectivity index (χ1) is 54.8. The van der Waals surface area contributed by atoms with Crippen LogP contribution in [0.2, 0.25) is 20.9 Å². The van der Waals surface area contributed by atoms with Crippen LogP contribution in [0.3, 0.4) is 0 Å². The van der Waals surface area contributed by atoms with Crippen molar-refractivity contribution in [2.24, 2.45) is 0 Å². The summed E-state index contributed by atoms with van der Waals surface area (Å²) >= 11 is 22.8. The van der Waals surface area contributed by atoms with Crippen LogP contribution in [0.25, 0.3) is 11.8 Å². The van der Waals surface area contributed by atoms with Crippen LogP contribution >= 0.6 is 46.4 Å². The second-order valence-electron chi connectivity index (χ2n) is 31.0. The van der Waals surface area contributed by atoms with Gasteiger partial charge in [-0.3, -0.25) is 4.79 Å². The maximum atomic E-state index is 13.5. The summed E-state index contributed by atoms with van der Waals surface area (Å²) in [7, 11) is 0. The molecule has 7 heterocycles. The molecule has 36 heteroatoms. The predicted molar refractivity (Wildman–Crippen MR) is 437 cm³/mol. The van der Waals surface area contributed by atoms with E-state index in [4.69, 9.17) is 46.4 Å². The average molecular weight is 1740 g/mol. The molecule has 13 rings (SSSR count). The number of alkyl halides is 12. The number of anilines is 4. The molecule has 0 amide bonds. The fourth-order valence-electron chi connectivity index (χ4n) is 15.2. The fraction of sp³-hybridized carbons (Fsp3) is 0.667. The lowest BCUT2D eigenvalue weighted by molar-refractivity contribution is -0.128. The molecule has 0 aromatic carbocycles. The first-order valence-corrected chi connectivity index (χ1v) is 41.9. The van der Waals surface area contributed by atoms with Crippen molar-refractivity contribution in [2.75, 3.05) is 52.3 Å². The van der Waals surface area contributed by atoms with Gasteiger partial charge in [0, 0.05) is 204 Å². The van der Waals surface area contributed by atoms with Crippen molar-refractivity contribution < 1.29 is 57.5 Å². The van der Waals surface area contributed by atoms with Gasteiger partial charge < -0.3 is 24.9 Å². The Morgan fingerprint density at radius 2 is 0.684 bits per heavy atom. The molecule has 0 atom stereocenters. The zero-order valence-corrected chi connectivity index (χ0v) is 72.5. The van der Waals surface area contributed by atoms with Crippen LogP contribution in [0.1, 0.15) is 240 Å². The van der Waals surface area contributed by atoms with Gasteiger partial charge in [0.05, 0.1) is 11.4 Å². The highest BCUT2D eigenvalue weighted by Crippen LogP contribution is 2.41. The number of halogens is 16. The zero-order valence-electron chi connectivity index (χ0n) is 69.4. The van der Waals surface area contributed by atoms with E-state index in [-0.39, 0.29) is 130 Å². The van der Waals surface area contributed by atoms with Gasteiger partial charge in [0.15, 0.2) is 5.82 Å². The van der Waals surface area contributed by atoms with Gasteiger partial charge in [0.1, 0.15) is 27.7 Å². The molecule has 7 aromatic heterocycles. The summed E-state index contributed by atoms with van der Waals surface area (Å²) in [6.07, 6.45) is 4.36. The fourth-order valence-corrected chi connectivity index (χ4v) is 16.1. The van der Waals surface area contributed by atoms with Crippen LogP contribution in [0.4, 0.5) is 76.2 Å². The van der Waals surface area contributed by atoms with Gasteiger partial charge in [-0.25, -0.2) is 102 Å². The van der Waals surface area contributed by atoms with Crippen molar-refractivity contribution in [3.05, 3.63) is 115 Å². The number of carbonyl (C=O) groups excluding carboxylic acids is 1.